The predicted octanol–water partition coefficient (Wildman–Crippen LogP) is 0.712. The largest absolute Gasteiger partial charge is 0.235 e. The molecule has 2 nitrogen and oxygen atoms in total. The summed E-state index contributed by atoms with van der Waals surface area (Å²) in [6.45, 7) is 7.11. The lowest BCUT2D eigenvalue weighted by atomic mass is 10.4. The third-order valence-electron chi connectivity index (χ3n) is 0.367. The van der Waals surface area contributed by atoms with Gasteiger partial charge in [-0.2, -0.15) is 0 Å². The van der Waals surface area contributed by atoms with Crippen LogP contribution in [0.25, 0.3) is 0 Å². The van der Waals surface area contributed by atoms with Crippen molar-refractivity contribution in [3.05, 3.63) is 19.1 Å². The SMILES string of the molecule is [CH2]C(=C)CN=C=O. The quantitative estimate of drug-likeness (QED) is 0.367. The van der Waals surface area contributed by atoms with E-state index in [1.807, 2.05) is 0 Å². The molecule has 0 unspecified atom stereocenters. The minimum atomic E-state index is 0.295. The monoisotopic (exact) mass is 96.0 g/mol. The Bertz CT molecular complexity index is 111. The van der Waals surface area contributed by atoms with Gasteiger partial charge in [0.2, 0.25) is 6.08 Å². The van der Waals surface area contributed by atoms with Crippen molar-refractivity contribution in [2.24, 2.45) is 4.99 Å². The van der Waals surface area contributed by atoms with Gasteiger partial charge in [0.1, 0.15) is 0 Å². The molecule has 0 rings (SSSR count). The van der Waals surface area contributed by atoms with E-state index in [9.17, 15) is 4.79 Å². The zero-order chi connectivity index (χ0) is 5.70. The van der Waals surface area contributed by atoms with Crippen LogP contribution in [0.2, 0.25) is 0 Å². The minimum absolute atomic E-state index is 0.295. The van der Waals surface area contributed by atoms with Crippen LogP contribution in [0.3, 0.4) is 0 Å². The molecule has 1 radical (unpaired) electrons. The second kappa shape index (κ2) is 3.32. The Kier molecular flexibility index (Phi) is 2.90. The molecule has 0 amide bonds. The Morgan fingerprint density at radius 3 is 2.57 bits per heavy atom. The molecule has 0 aromatic heterocycles. The Labute approximate surface area is 42.6 Å². The topological polar surface area (TPSA) is 29.4 Å². The van der Waals surface area contributed by atoms with Gasteiger partial charge in [-0.15, -0.1) is 0 Å². The summed E-state index contributed by atoms with van der Waals surface area (Å²) in [7, 11) is 0. The molecule has 0 atom stereocenters. The summed E-state index contributed by atoms with van der Waals surface area (Å²) in [6.07, 6.45) is 1.37. The van der Waals surface area contributed by atoms with E-state index in [-0.39, 0.29) is 0 Å². The molecule has 0 aromatic carbocycles. The number of isocyanates is 1. The molecule has 0 N–H and O–H groups in total. The number of carbonyl (C=O) groups excluding carboxylic acids is 1. The highest BCUT2D eigenvalue weighted by molar-refractivity contribution is 5.33. The van der Waals surface area contributed by atoms with Gasteiger partial charge in [-0.05, 0) is 6.92 Å². The maximum absolute atomic E-state index is 9.35. The Morgan fingerprint density at radius 2 is 2.43 bits per heavy atom. The molecule has 0 heterocycles. The average molecular weight is 96.1 g/mol. The molecule has 0 aliphatic heterocycles. The van der Waals surface area contributed by atoms with Crippen LogP contribution in [0.1, 0.15) is 0 Å². The fraction of sp³-hybridized carbons (Fsp3) is 0.200. The molecular weight excluding hydrogens is 90.1 g/mol. The van der Waals surface area contributed by atoms with Crippen molar-refractivity contribution in [1.82, 2.24) is 0 Å². The van der Waals surface area contributed by atoms with Gasteiger partial charge in [0.25, 0.3) is 0 Å². The van der Waals surface area contributed by atoms with Crippen molar-refractivity contribution in [2.75, 3.05) is 6.54 Å². The second-order valence-corrected chi connectivity index (χ2v) is 1.16. The fourth-order valence-corrected chi connectivity index (χ4v) is 0.144. The van der Waals surface area contributed by atoms with E-state index < -0.39 is 0 Å². The van der Waals surface area contributed by atoms with Gasteiger partial charge in [-0.3, -0.25) is 0 Å². The van der Waals surface area contributed by atoms with E-state index in [2.05, 4.69) is 18.5 Å². The summed E-state index contributed by atoms with van der Waals surface area (Å²) < 4.78 is 0. The van der Waals surface area contributed by atoms with E-state index >= 15 is 0 Å². The van der Waals surface area contributed by atoms with Crippen LogP contribution in [0.4, 0.5) is 0 Å². The Balaban J connectivity index is 3.32. The number of nitrogens with zero attached hydrogens (tertiary/aromatic N) is 1. The summed E-state index contributed by atoms with van der Waals surface area (Å²) >= 11 is 0. The molecule has 0 aromatic rings. The molecule has 37 valence electrons. The molecule has 2 heteroatoms. The van der Waals surface area contributed by atoms with Crippen molar-refractivity contribution in [2.45, 2.75) is 0 Å². The standard InChI is InChI=1S/C5H6NO/c1-5(2)3-6-4-7/h1-3H2. The van der Waals surface area contributed by atoms with Crippen LogP contribution in [0, 0.1) is 6.92 Å². The molecule has 0 aliphatic rings. The molecular formula is C5H6NO. The smallest absolute Gasteiger partial charge is 0.211 e. The summed E-state index contributed by atoms with van der Waals surface area (Å²) in [5, 5.41) is 0. The first-order valence-corrected chi connectivity index (χ1v) is 1.80. The Morgan fingerprint density at radius 1 is 1.86 bits per heavy atom. The lowest BCUT2D eigenvalue weighted by molar-refractivity contribution is 0.563. The van der Waals surface area contributed by atoms with Gasteiger partial charge < -0.3 is 0 Å². The number of aliphatic imine (C=N–C) groups is 1. The third kappa shape index (κ3) is 5.12. The molecule has 0 aliphatic carbocycles. The lowest BCUT2D eigenvalue weighted by Crippen LogP contribution is -1.76. The van der Waals surface area contributed by atoms with E-state index in [1.54, 1.807) is 0 Å². The van der Waals surface area contributed by atoms with Crippen molar-refractivity contribution >= 4 is 6.08 Å². The minimum Gasteiger partial charge on any atom is -0.211 e. The third-order valence-corrected chi connectivity index (χ3v) is 0.367. The van der Waals surface area contributed by atoms with E-state index in [4.69, 9.17) is 0 Å². The summed E-state index contributed by atoms with van der Waals surface area (Å²) in [6, 6.07) is 0. The first-order valence-electron chi connectivity index (χ1n) is 1.80. The molecule has 0 saturated heterocycles. The average Bonchev–Trinajstić information content (AvgIpc) is 1.61. The summed E-state index contributed by atoms with van der Waals surface area (Å²) in [5.41, 5.74) is 0.628. The first-order chi connectivity index (χ1) is 3.27. The first kappa shape index (κ1) is 6.12. The zero-order valence-corrected chi connectivity index (χ0v) is 3.98. The molecule has 0 bridgehead atoms. The normalized spacial score (nSPS) is 7.00. The van der Waals surface area contributed by atoms with Crippen molar-refractivity contribution < 1.29 is 4.79 Å². The fourth-order valence-electron chi connectivity index (χ4n) is 0.144. The van der Waals surface area contributed by atoms with E-state index in [1.165, 1.54) is 6.08 Å². The Hall–Kier alpha value is -0.880. The van der Waals surface area contributed by atoms with Gasteiger partial charge in [-0.25, -0.2) is 9.79 Å². The maximum atomic E-state index is 9.35. The number of hydrogen-bond acceptors (Lipinski definition) is 2. The van der Waals surface area contributed by atoms with Crippen molar-refractivity contribution in [1.29, 1.82) is 0 Å². The van der Waals surface area contributed by atoms with Crippen LogP contribution >= 0.6 is 0 Å². The van der Waals surface area contributed by atoms with Gasteiger partial charge in [0.15, 0.2) is 0 Å². The molecule has 0 saturated carbocycles. The second-order valence-electron chi connectivity index (χ2n) is 1.16. The van der Waals surface area contributed by atoms with E-state index in [0.29, 0.717) is 12.1 Å². The highest BCUT2D eigenvalue weighted by atomic mass is 16.1. The number of rotatable bonds is 2. The molecule has 0 spiro atoms. The van der Waals surface area contributed by atoms with Crippen molar-refractivity contribution in [3.63, 3.8) is 0 Å². The van der Waals surface area contributed by atoms with Crippen LogP contribution in [0.15, 0.2) is 17.1 Å². The highest BCUT2D eigenvalue weighted by Gasteiger charge is 1.75. The van der Waals surface area contributed by atoms with E-state index in [0.717, 1.165) is 0 Å². The van der Waals surface area contributed by atoms with Crippen LogP contribution in [-0.4, -0.2) is 12.6 Å². The summed E-state index contributed by atoms with van der Waals surface area (Å²) in [5.74, 6) is 0. The highest BCUT2D eigenvalue weighted by Crippen LogP contribution is 1.82. The van der Waals surface area contributed by atoms with Crippen molar-refractivity contribution in [3.8, 4) is 0 Å². The van der Waals surface area contributed by atoms with Crippen LogP contribution in [0.5, 0.6) is 0 Å². The predicted molar refractivity (Wildman–Crippen MR) is 27.5 cm³/mol. The molecule has 7 heavy (non-hydrogen) atoms. The molecule has 0 fully saturated rings. The van der Waals surface area contributed by atoms with Gasteiger partial charge >= 0.3 is 0 Å². The van der Waals surface area contributed by atoms with Gasteiger partial charge in [0.05, 0.1) is 6.54 Å². The summed E-state index contributed by atoms with van der Waals surface area (Å²) in [4.78, 5) is 12.6. The van der Waals surface area contributed by atoms with Crippen LogP contribution < -0.4 is 0 Å². The van der Waals surface area contributed by atoms with Gasteiger partial charge in [0, 0.05) is 0 Å². The number of hydrogen-bond donors (Lipinski definition) is 0. The maximum Gasteiger partial charge on any atom is 0.235 e. The zero-order valence-electron chi connectivity index (χ0n) is 3.98. The van der Waals surface area contributed by atoms with Crippen LogP contribution in [-0.2, 0) is 4.79 Å². The van der Waals surface area contributed by atoms with Gasteiger partial charge in [-0.1, -0.05) is 12.2 Å². The lowest BCUT2D eigenvalue weighted by Gasteiger charge is -1.80.